The zero-order valence-corrected chi connectivity index (χ0v) is 7.85. The van der Waals surface area contributed by atoms with Gasteiger partial charge in [0.05, 0.1) is 0 Å². The van der Waals surface area contributed by atoms with Gasteiger partial charge in [0.1, 0.15) is 12.2 Å². The second-order valence-electron chi connectivity index (χ2n) is 2.90. The van der Waals surface area contributed by atoms with E-state index in [1.165, 1.54) is 0 Å². The molecule has 2 saturated heterocycles. The van der Waals surface area contributed by atoms with Gasteiger partial charge in [0.25, 0.3) is 0 Å². The highest BCUT2D eigenvalue weighted by Gasteiger charge is 2.41. The highest BCUT2D eigenvalue weighted by Crippen LogP contribution is 2.40. The molecule has 6 heteroatoms. The Kier molecular flexibility index (Phi) is 2.23. The van der Waals surface area contributed by atoms with Gasteiger partial charge in [-0.1, -0.05) is 0 Å². The summed E-state index contributed by atoms with van der Waals surface area (Å²) in [7, 11) is -2.43. The van der Waals surface area contributed by atoms with Gasteiger partial charge in [-0.25, -0.2) is 0 Å². The van der Waals surface area contributed by atoms with E-state index in [4.69, 9.17) is 18.5 Å². The fraction of sp³-hybridized carbons (Fsp3) is 1.00. The topological polar surface area (TPSA) is 60.6 Å². The quantitative estimate of drug-likeness (QED) is 0.491. The molecule has 2 aliphatic heterocycles. The number of hydrogen-bond acceptors (Lipinski definition) is 5. The molecule has 2 aliphatic rings. The van der Waals surface area contributed by atoms with Crippen molar-refractivity contribution in [3.63, 3.8) is 0 Å². The molecule has 0 aromatic rings. The normalized spacial score (nSPS) is 47.2. The minimum absolute atomic E-state index is 0.0418. The summed E-state index contributed by atoms with van der Waals surface area (Å²) < 4.78 is 30.6. The Morgan fingerprint density at radius 3 is 1.67 bits per heavy atom. The van der Waals surface area contributed by atoms with E-state index in [2.05, 4.69) is 0 Å². The summed E-state index contributed by atoms with van der Waals surface area (Å²) in [6, 6.07) is 0. The van der Waals surface area contributed by atoms with E-state index < -0.39 is 8.25 Å². The Bertz CT molecular complexity index is 188. The molecule has 0 amide bonds. The van der Waals surface area contributed by atoms with Crippen LogP contribution in [0.25, 0.3) is 0 Å². The molecule has 4 unspecified atom stereocenters. The molecule has 0 radical (unpaired) electrons. The van der Waals surface area contributed by atoms with Crippen LogP contribution in [0.2, 0.25) is 0 Å². The van der Waals surface area contributed by atoms with E-state index in [1.54, 1.807) is 0 Å². The van der Waals surface area contributed by atoms with Gasteiger partial charge in [0, 0.05) is 0 Å². The molecule has 5 nitrogen and oxygen atoms in total. The molecule has 0 N–H and O–H groups in total. The number of epoxide rings is 2. The van der Waals surface area contributed by atoms with Crippen LogP contribution in [0.1, 0.15) is 13.8 Å². The summed E-state index contributed by atoms with van der Waals surface area (Å²) in [5.74, 6) is 0. The van der Waals surface area contributed by atoms with Gasteiger partial charge in [-0.3, -0.25) is 13.6 Å². The highest BCUT2D eigenvalue weighted by atomic mass is 31.1. The maximum atomic E-state index is 11.0. The lowest BCUT2D eigenvalue weighted by Crippen LogP contribution is -1.95. The smallest absolute Gasteiger partial charge is 0.323 e. The minimum atomic E-state index is -2.43. The second kappa shape index (κ2) is 3.09. The first-order valence-corrected chi connectivity index (χ1v) is 5.07. The average Bonchev–Trinajstić information content (AvgIpc) is 2.80. The number of hydrogen-bond donors (Lipinski definition) is 0. The predicted molar refractivity (Wildman–Crippen MR) is 39.8 cm³/mol. The largest absolute Gasteiger partial charge is 0.341 e. The molecule has 2 heterocycles. The van der Waals surface area contributed by atoms with E-state index in [-0.39, 0.29) is 24.8 Å². The SMILES string of the molecule is CC1OC1O[PH](=O)OC1OC1C. The zero-order chi connectivity index (χ0) is 8.72. The van der Waals surface area contributed by atoms with E-state index in [9.17, 15) is 4.57 Å². The van der Waals surface area contributed by atoms with E-state index >= 15 is 0 Å². The maximum Gasteiger partial charge on any atom is 0.323 e. The fourth-order valence-electron chi connectivity index (χ4n) is 0.797. The minimum Gasteiger partial charge on any atom is -0.341 e. The third-order valence-electron chi connectivity index (χ3n) is 1.74. The standard InChI is InChI=1S/C6H11O5P/c1-3-5(8-3)10-12(7)11-6-4(2)9-6/h3-6,12H,1-2H3. The van der Waals surface area contributed by atoms with Crippen LogP contribution in [-0.2, 0) is 23.1 Å². The molecule has 0 aliphatic carbocycles. The monoisotopic (exact) mass is 194 g/mol. The summed E-state index contributed by atoms with van der Waals surface area (Å²) in [5.41, 5.74) is 0. The van der Waals surface area contributed by atoms with Crippen LogP contribution in [0.4, 0.5) is 0 Å². The molecule has 0 aromatic heterocycles. The maximum absolute atomic E-state index is 11.0. The van der Waals surface area contributed by atoms with Crippen molar-refractivity contribution in [1.29, 1.82) is 0 Å². The van der Waals surface area contributed by atoms with Crippen LogP contribution >= 0.6 is 8.25 Å². The summed E-state index contributed by atoms with van der Waals surface area (Å²) in [6.45, 7) is 3.69. The van der Waals surface area contributed by atoms with Gasteiger partial charge in [-0.15, -0.1) is 0 Å². The summed E-state index contributed by atoms with van der Waals surface area (Å²) in [5, 5.41) is 0. The molecule has 2 fully saturated rings. The van der Waals surface area contributed by atoms with E-state index in [0.717, 1.165) is 0 Å². The first-order valence-electron chi connectivity index (χ1n) is 3.85. The van der Waals surface area contributed by atoms with Crippen LogP contribution < -0.4 is 0 Å². The van der Waals surface area contributed by atoms with Crippen molar-refractivity contribution in [2.24, 2.45) is 0 Å². The van der Waals surface area contributed by atoms with Gasteiger partial charge in [-0.2, -0.15) is 0 Å². The van der Waals surface area contributed by atoms with Crippen molar-refractivity contribution in [2.45, 2.75) is 38.6 Å². The van der Waals surface area contributed by atoms with Crippen molar-refractivity contribution in [3.8, 4) is 0 Å². The molecule has 0 aromatic carbocycles. The first kappa shape index (κ1) is 8.66. The molecule has 2 rings (SSSR count). The molecule has 0 saturated carbocycles. The predicted octanol–water partition coefficient (Wildman–Crippen LogP) is 0.899. The second-order valence-corrected chi connectivity index (χ2v) is 3.88. The Balaban J connectivity index is 1.64. The van der Waals surface area contributed by atoms with Crippen molar-refractivity contribution in [1.82, 2.24) is 0 Å². The van der Waals surface area contributed by atoms with Gasteiger partial charge < -0.3 is 9.47 Å². The van der Waals surface area contributed by atoms with Crippen LogP contribution in [0, 0.1) is 0 Å². The Morgan fingerprint density at radius 1 is 1.08 bits per heavy atom. The Hall–Kier alpha value is 0.0700. The van der Waals surface area contributed by atoms with Gasteiger partial charge in [-0.05, 0) is 13.8 Å². The third-order valence-corrected chi connectivity index (χ3v) is 2.59. The summed E-state index contributed by atoms with van der Waals surface area (Å²) in [6.07, 6.45) is -0.601. The first-order chi connectivity index (χ1) is 5.66. The van der Waals surface area contributed by atoms with Gasteiger partial charge in [0.2, 0.25) is 0 Å². The molecule has 0 bridgehead atoms. The molecule has 0 spiro atoms. The molecule has 4 atom stereocenters. The average molecular weight is 194 g/mol. The lowest BCUT2D eigenvalue weighted by Gasteiger charge is -1.98. The molecular formula is C6H11O5P. The van der Waals surface area contributed by atoms with Crippen LogP contribution in [0.5, 0.6) is 0 Å². The van der Waals surface area contributed by atoms with Crippen LogP contribution in [-0.4, -0.2) is 24.8 Å². The van der Waals surface area contributed by atoms with Gasteiger partial charge >= 0.3 is 8.25 Å². The Morgan fingerprint density at radius 2 is 1.42 bits per heavy atom. The summed E-state index contributed by atoms with van der Waals surface area (Å²) in [4.78, 5) is 0. The van der Waals surface area contributed by atoms with Crippen molar-refractivity contribution >= 4 is 8.25 Å². The lowest BCUT2D eigenvalue weighted by atomic mass is 10.5. The van der Waals surface area contributed by atoms with Crippen LogP contribution in [0.3, 0.4) is 0 Å². The zero-order valence-electron chi connectivity index (χ0n) is 6.85. The highest BCUT2D eigenvalue weighted by molar-refractivity contribution is 7.33. The number of rotatable bonds is 4. The third kappa shape index (κ3) is 2.06. The number of ether oxygens (including phenoxy) is 2. The van der Waals surface area contributed by atoms with E-state index in [1.807, 2.05) is 13.8 Å². The lowest BCUT2D eigenvalue weighted by molar-refractivity contribution is 0.117. The van der Waals surface area contributed by atoms with E-state index in [0.29, 0.717) is 0 Å². The Labute approximate surface area is 70.9 Å². The van der Waals surface area contributed by atoms with Crippen molar-refractivity contribution < 1.29 is 23.1 Å². The molecular weight excluding hydrogens is 183 g/mol. The fourth-order valence-corrected chi connectivity index (χ4v) is 1.73. The van der Waals surface area contributed by atoms with Crippen molar-refractivity contribution in [2.75, 3.05) is 0 Å². The van der Waals surface area contributed by atoms with Crippen LogP contribution in [0.15, 0.2) is 0 Å². The molecule has 12 heavy (non-hydrogen) atoms. The summed E-state index contributed by atoms with van der Waals surface area (Å²) >= 11 is 0. The van der Waals surface area contributed by atoms with Gasteiger partial charge in [0.15, 0.2) is 12.6 Å². The molecule has 70 valence electrons. The van der Waals surface area contributed by atoms with Crippen molar-refractivity contribution in [3.05, 3.63) is 0 Å².